The van der Waals surface area contributed by atoms with Crippen molar-refractivity contribution in [2.24, 2.45) is 5.92 Å². The first-order valence-corrected chi connectivity index (χ1v) is 15.2. The van der Waals surface area contributed by atoms with Gasteiger partial charge in [0.25, 0.3) is 0 Å². The molecule has 3 atom stereocenters. The Hall–Kier alpha value is -3.49. The minimum absolute atomic E-state index is 0.140. The second kappa shape index (κ2) is 13.2. The van der Waals surface area contributed by atoms with Crippen LogP contribution in [0.3, 0.4) is 0 Å². The van der Waals surface area contributed by atoms with Gasteiger partial charge >= 0.3 is 6.01 Å². The Morgan fingerprint density at radius 3 is 2.81 bits per heavy atom. The largest absolute Gasteiger partial charge is 0.462 e. The maximum absolute atomic E-state index is 14.8. The van der Waals surface area contributed by atoms with Crippen molar-refractivity contribution in [1.29, 1.82) is 5.26 Å². The Bertz CT molecular complexity index is 1400. The fourth-order valence-electron chi connectivity index (χ4n) is 6.37. The molecule has 2 fully saturated rings. The summed E-state index contributed by atoms with van der Waals surface area (Å²) in [5.41, 5.74) is 2.35. The number of hydrogen-bond acceptors (Lipinski definition) is 9. The lowest BCUT2D eigenvalue weighted by Gasteiger charge is -2.41. The molecule has 2 aliphatic heterocycles. The van der Waals surface area contributed by atoms with Crippen molar-refractivity contribution in [2.45, 2.75) is 56.4 Å². The number of hydrogen-bond donors (Lipinski definition) is 1. The van der Waals surface area contributed by atoms with Gasteiger partial charge in [0.2, 0.25) is 5.91 Å². The average molecular weight is 593 g/mol. The van der Waals surface area contributed by atoms with Crippen molar-refractivity contribution >= 4 is 30.1 Å². The number of benzene rings is 1. The molecule has 1 aromatic heterocycles. The zero-order chi connectivity index (χ0) is 29.8. The number of fused-ring (bicyclic) bond motifs is 1. The Kier molecular flexibility index (Phi) is 9.43. The lowest BCUT2D eigenvalue weighted by molar-refractivity contribution is -0.128. The molecule has 2 unspecified atom stereocenters. The van der Waals surface area contributed by atoms with Crippen molar-refractivity contribution < 1.29 is 18.7 Å². The molecule has 9 nitrogen and oxygen atoms in total. The number of likely N-dealkylation sites (N-methyl/N-ethyl adjacent to an activating group) is 1. The Morgan fingerprint density at radius 1 is 1.26 bits per heavy atom. The second-order valence-electron chi connectivity index (χ2n) is 11.3. The molecule has 2 aromatic rings. The molecular formula is C31H37FN6O3S. The maximum atomic E-state index is 14.8. The average Bonchev–Trinajstić information content (AvgIpc) is 3.42. The molecule has 0 spiro atoms. The van der Waals surface area contributed by atoms with Crippen molar-refractivity contribution in [3.8, 4) is 12.1 Å². The summed E-state index contributed by atoms with van der Waals surface area (Å²) in [4.78, 5) is 41.8. The Labute approximate surface area is 251 Å². The molecule has 3 heterocycles. The summed E-state index contributed by atoms with van der Waals surface area (Å²) in [5.74, 6) is -0.130. The first-order valence-electron chi connectivity index (χ1n) is 14.5. The molecule has 0 bridgehead atoms. The highest BCUT2D eigenvalue weighted by molar-refractivity contribution is 7.79. The Morgan fingerprint density at radius 2 is 2.10 bits per heavy atom. The van der Waals surface area contributed by atoms with Crippen LogP contribution in [0.4, 0.5) is 10.2 Å². The number of aromatic nitrogens is 2. The van der Waals surface area contributed by atoms with Gasteiger partial charge in [-0.05, 0) is 69.0 Å². The van der Waals surface area contributed by atoms with Crippen molar-refractivity contribution in [3.63, 3.8) is 0 Å². The third-order valence-corrected chi connectivity index (χ3v) is 9.13. The number of piperazine rings is 1. The molecule has 1 amide bonds. The number of nitriles is 1. The van der Waals surface area contributed by atoms with Crippen LogP contribution in [-0.2, 0) is 23.4 Å². The zero-order valence-electron chi connectivity index (χ0n) is 24.0. The van der Waals surface area contributed by atoms with Crippen molar-refractivity contribution in [1.82, 2.24) is 19.8 Å². The molecule has 1 aliphatic carbocycles. The van der Waals surface area contributed by atoms with E-state index in [1.165, 1.54) is 12.1 Å². The molecule has 42 heavy (non-hydrogen) atoms. The molecule has 3 aliphatic rings. The number of Topliss-reactive ketones (excluding diaryl/α,β-unsaturated/α-hetero) is 1. The first kappa shape index (κ1) is 30.0. The molecular weight excluding hydrogens is 555 g/mol. The molecule has 2 saturated heterocycles. The standard InChI is InChI=1S/C31H37FN6O3S/c1-3-27(39)38-15-14-37(17-22(38)11-12-33)30-24-10-9-20(16-25-21(19-42)6-4-8-26(25)32)29(40)28(24)34-31(35-30)41-18-23-7-5-13-36(23)2/h3-4,6,8,20,22-23,42H,1,5,7,9-11,13-19H2,2H3/t20-,22?,23?/m0/s1. The normalized spacial score (nSPS) is 22.5. The van der Waals surface area contributed by atoms with Crippen LogP contribution < -0.4 is 9.64 Å². The number of anilines is 1. The lowest BCUT2D eigenvalue weighted by atomic mass is 9.81. The number of amides is 1. The number of halogens is 1. The summed E-state index contributed by atoms with van der Waals surface area (Å²) in [5, 5.41) is 9.46. The predicted octanol–water partition coefficient (Wildman–Crippen LogP) is 3.62. The van der Waals surface area contributed by atoms with Crippen LogP contribution in [0, 0.1) is 23.1 Å². The van der Waals surface area contributed by atoms with Crippen LogP contribution in [0.15, 0.2) is 30.9 Å². The van der Waals surface area contributed by atoms with E-state index < -0.39 is 5.92 Å². The molecule has 0 radical (unpaired) electrons. The molecule has 0 N–H and O–H groups in total. The van der Waals surface area contributed by atoms with Crippen LogP contribution in [0.1, 0.15) is 52.9 Å². The van der Waals surface area contributed by atoms with Crippen molar-refractivity contribution in [2.75, 3.05) is 44.7 Å². The SMILES string of the molecule is C=CC(=O)N1CCN(c2nc(OCC3CCCN3C)nc3c2CC[C@@H](Cc2c(F)cccc2CS)C3=O)CC1CC#N. The smallest absolute Gasteiger partial charge is 0.319 e. The number of carbonyl (C=O) groups excluding carboxylic acids is 2. The fourth-order valence-corrected chi connectivity index (χ4v) is 6.67. The van der Waals surface area contributed by atoms with E-state index in [0.717, 1.165) is 30.5 Å². The van der Waals surface area contributed by atoms with E-state index in [4.69, 9.17) is 9.72 Å². The lowest BCUT2D eigenvalue weighted by Crippen LogP contribution is -2.55. The minimum Gasteiger partial charge on any atom is -0.462 e. The first-order chi connectivity index (χ1) is 20.3. The quantitative estimate of drug-likeness (QED) is 0.348. The van der Waals surface area contributed by atoms with Crippen LogP contribution in [0.2, 0.25) is 0 Å². The third kappa shape index (κ3) is 6.15. The highest BCUT2D eigenvalue weighted by Crippen LogP contribution is 2.36. The van der Waals surface area contributed by atoms with E-state index in [9.17, 15) is 19.2 Å². The highest BCUT2D eigenvalue weighted by Gasteiger charge is 2.37. The number of ketones is 1. The maximum Gasteiger partial charge on any atom is 0.319 e. The second-order valence-corrected chi connectivity index (χ2v) is 11.6. The summed E-state index contributed by atoms with van der Waals surface area (Å²) >= 11 is 4.36. The number of carbonyl (C=O) groups is 2. The van der Waals surface area contributed by atoms with E-state index in [1.807, 2.05) is 11.0 Å². The molecule has 0 saturated carbocycles. The molecule has 222 valence electrons. The predicted molar refractivity (Wildman–Crippen MR) is 160 cm³/mol. The summed E-state index contributed by atoms with van der Waals surface area (Å²) < 4.78 is 20.9. The number of ether oxygens (including phenoxy) is 1. The summed E-state index contributed by atoms with van der Waals surface area (Å²) in [6.45, 7) is 6.28. The van der Waals surface area contributed by atoms with Gasteiger partial charge in [-0.3, -0.25) is 9.59 Å². The van der Waals surface area contributed by atoms with E-state index in [1.54, 1.807) is 11.0 Å². The fraction of sp³-hybridized carbons (Fsp3) is 0.516. The van der Waals surface area contributed by atoms with Gasteiger partial charge in [0.05, 0.1) is 18.5 Å². The highest BCUT2D eigenvalue weighted by atomic mass is 32.1. The summed E-state index contributed by atoms with van der Waals surface area (Å²) in [6, 6.07) is 7.15. The van der Waals surface area contributed by atoms with Gasteiger partial charge in [-0.2, -0.15) is 27.9 Å². The topological polar surface area (TPSA) is 103 Å². The van der Waals surface area contributed by atoms with Gasteiger partial charge in [-0.15, -0.1) is 0 Å². The number of thiol groups is 1. The van der Waals surface area contributed by atoms with E-state index in [2.05, 4.69) is 42.2 Å². The van der Waals surface area contributed by atoms with Gasteiger partial charge in [0.1, 0.15) is 23.9 Å². The van der Waals surface area contributed by atoms with E-state index in [-0.39, 0.29) is 48.4 Å². The van der Waals surface area contributed by atoms with E-state index in [0.29, 0.717) is 61.9 Å². The van der Waals surface area contributed by atoms with Crippen LogP contribution in [0.5, 0.6) is 6.01 Å². The minimum atomic E-state index is -0.432. The summed E-state index contributed by atoms with van der Waals surface area (Å²) in [6.07, 6.45) is 4.90. The van der Waals surface area contributed by atoms with Crippen LogP contribution >= 0.6 is 12.6 Å². The van der Waals surface area contributed by atoms with Gasteiger partial charge < -0.3 is 19.4 Å². The molecule has 11 heteroatoms. The van der Waals surface area contributed by atoms with Gasteiger partial charge in [0, 0.05) is 42.9 Å². The van der Waals surface area contributed by atoms with Gasteiger partial charge in [-0.25, -0.2) is 4.39 Å². The third-order valence-electron chi connectivity index (χ3n) is 8.79. The van der Waals surface area contributed by atoms with Crippen molar-refractivity contribution in [3.05, 3.63) is 59.1 Å². The summed E-state index contributed by atoms with van der Waals surface area (Å²) in [7, 11) is 2.06. The van der Waals surface area contributed by atoms with Gasteiger partial charge in [0.15, 0.2) is 5.78 Å². The number of rotatable bonds is 9. The number of nitrogens with zero attached hydrogens (tertiary/aromatic N) is 6. The van der Waals surface area contributed by atoms with E-state index >= 15 is 0 Å². The monoisotopic (exact) mass is 592 g/mol. The van der Waals surface area contributed by atoms with Crippen LogP contribution in [0.25, 0.3) is 0 Å². The molecule has 1 aromatic carbocycles. The molecule has 5 rings (SSSR count). The number of likely N-dealkylation sites (tertiary alicyclic amines) is 1. The Balaban J connectivity index is 1.47. The van der Waals surface area contributed by atoms with Crippen LogP contribution in [-0.4, -0.2) is 83.4 Å². The van der Waals surface area contributed by atoms with Gasteiger partial charge in [-0.1, -0.05) is 18.7 Å². The zero-order valence-corrected chi connectivity index (χ0v) is 24.9.